The van der Waals surface area contributed by atoms with Gasteiger partial charge in [0.2, 0.25) is 16.9 Å². The monoisotopic (exact) mass is 448 g/mol. The highest BCUT2D eigenvalue weighted by Gasteiger charge is 2.54. The van der Waals surface area contributed by atoms with Crippen molar-refractivity contribution >= 4 is 51.4 Å². The molecule has 6 nitrogen and oxygen atoms in total. The molecule has 2 aromatic rings. The van der Waals surface area contributed by atoms with Gasteiger partial charge in [0, 0.05) is 4.88 Å². The van der Waals surface area contributed by atoms with Gasteiger partial charge in [-0.3, -0.25) is 9.59 Å². The van der Waals surface area contributed by atoms with Crippen molar-refractivity contribution in [2.75, 3.05) is 11.1 Å². The number of amides is 2. The summed E-state index contributed by atoms with van der Waals surface area (Å²) in [5, 5.41) is 16.8. The van der Waals surface area contributed by atoms with Crippen LogP contribution in [0.25, 0.3) is 0 Å². The number of nitrogens with one attached hydrogen (secondary N) is 2. The van der Waals surface area contributed by atoms with Gasteiger partial charge in [0.05, 0.1) is 17.7 Å². The Hall–Kier alpha value is -1.45. The van der Waals surface area contributed by atoms with E-state index >= 15 is 0 Å². The number of thioether (sulfide) groups is 1. The van der Waals surface area contributed by atoms with Gasteiger partial charge < -0.3 is 10.6 Å². The zero-order valence-electron chi connectivity index (χ0n) is 16.1. The minimum absolute atomic E-state index is 0.0299. The van der Waals surface area contributed by atoms with Crippen LogP contribution in [-0.4, -0.2) is 27.8 Å². The number of nitrogens with zero attached hydrogens (tertiary/aromatic N) is 2. The van der Waals surface area contributed by atoms with E-state index in [2.05, 4.69) is 20.8 Å². The standard InChI is InChI=1S/C20H24N4O2S3/c25-16(21-10-15-2-1-3-27-15)11-28-19-24-23-18(29-19)22-17(26)20-7-12-4-13(8-20)6-14(5-12)9-20/h1-3,12-14H,4-11H2,(H,21,25)(H,22,23,26). The van der Waals surface area contributed by atoms with E-state index in [4.69, 9.17) is 0 Å². The number of rotatable bonds is 7. The molecule has 0 spiro atoms. The maximum absolute atomic E-state index is 13.1. The summed E-state index contributed by atoms with van der Waals surface area (Å²) in [5.41, 5.74) is -0.185. The Morgan fingerprint density at radius 3 is 2.52 bits per heavy atom. The van der Waals surface area contributed by atoms with Gasteiger partial charge in [0.25, 0.3) is 0 Å². The summed E-state index contributed by atoms with van der Waals surface area (Å²) in [4.78, 5) is 26.2. The van der Waals surface area contributed by atoms with Crippen LogP contribution in [0.4, 0.5) is 5.13 Å². The van der Waals surface area contributed by atoms with E-state index in [1.165, 1.54) is 42.4 Å². The SMILES string of the molecule is O=C(CSc1nnc(NC(=O)C23CC4CC(CC(C4)C2)C3)s1)NCc1cccs1. The number of thiophene rings is 1. The molecule has 6 rings (SSSR count). The van der Waals surface area contributed by atoms with Gasteiger partial charge in [-0.05, 0) is 67.7 Å². The van der Waals surface area contributed by atoms with Crippen molar-refractivity contribution in [3.05, 3.63) is 22.4 Å². The van der Waals surface area contributed by atoms with Crippen LogP contribution in [-0.2, 0) is 16.1 Å². The summed E-state index contributed by atoms with van der Waals surface area (Å²) in [5.74, 6) is 2.61. The Morgan fingerprint density at radius 2 is 1.86 bits per heavy atom. The zero-order chi connectivity index (χ0) is 19.8. The molecular weight excluding hydrogens is 424 g/mol. The first kappa shape index (κ1) is 19.5. The number of hydrogen-bond acceptors (Lipinski definition) is 7. The van der Waals surface area contributed by atoms with Crippen LogP contribution in [0, 0.1) is 23.2 Å². The molecule has 4 aliphatic carbocycles. The van der Waals surface area contributed by atoms with Gasteiger partial charge in [0.15, 0.2) is 4.34 Å². The maximum atomic E-state index is 13.1. The molecular formula is C20H24N4O2S3. The largest absolute Gasteiger partial charge is 0.350 e. The van der Waals surface area contributed by atoms with E-state index in [1.807, 2.05) is 17.5 Å². The van der Waals surface area contributed by atoms with Gasteiger partial charge in [-0.15, -0.1) is 21.5 Å². The second-order valence-corrected chi connectivity index (χ2v) is 11.9. The molecule has 0 unspecified atom stereocenters. The highest BCUT2D eigenvalue weighted by atomic mass is 32.2. The summed E-state index contributed by atoms with van der Waals surface area (Å²) in [6.07, 6.45) is 7.07. The van der Waals surface area contributed by atoms with Crippen LogP contribution < -0.4 is 10.6 Å². The molecule has 0 radical (unpaired) electrons. The van der Waals surface area contributed by atoms with E-state index in [0.717, 1.165) is 41.9 Å². The predicted molar refractivity (Wildman–Crippen MR) is 116 cm³/mol. The molecule has 4 bridgehead atoms. The molecule has 2 aromatic heterocycles. The highest BCUT2D eigenvalue weighted by molar-refractivity contribution is 8.01. The Labute approximate surface area is 182 Å². The van der Waals surface area contributed by atoms with Crippen molar-refractivity contribution in [1.29, 1.82) is 0 Å². The van der Waals surface area contributed by atoms with Crippen molar-refractivity contribution in [2.24, 2.45) is 23.2 Å². The first-order valence-corrected chi connectivity index (χ1v) is 12.8. The molecule has 154 valence electrons. The smallest absolute Gasteiger partial charge is 0.232 e. The van der Waals surface area contributed by atoms with E-state index in [-0.39, 0.29) is 17.2 Å². The predicted octanol–water partition coefficient (Wildman–Crippen LogP) is 4.16. The fraction of sp³-hybridized carbons (Fsp3) is 0.600. The summed E-state index contributed by atoms with van der Waals surface area (Å²) >= 11 is 4.34. The fourth-order valence-electron chi connectivity index (χ4n) is 5.71. The molecule has 29 heavy (non-hydrogen) atoms. The second kappa shape index (κ2) is 8.00. The van der Waals surface area contributed by atoms with Gasteiger partial charge in [-0.2, -0.15) is 0 Å². The van der Waals surface area contributed by atoms with E-state index in [9.17, 15) is 9.59 Å². The molecule has 4 fully saturated rings. The highest BCUT2D eigenvalue weighted by Crippen LogP contribution is 2.60. The molecule has 4 saturated carbocycles. The van der Waals surface area contributed by atoms with Gasteiger partial charge in [-0.1, -0.05) is 29.2 Å². The lowest BCUT2D eigenvalue weighted by Gasteiger charge is -2.55. The summed E-state index contributed by atoms with van der Waals surface area (Å²) in [6.45, 7) is 0.555. The number of carbonyl (C=O) groups is 2. The maximum Gasteiger partial charge on any atom is 0.232 e. The lowest BCUT2D eigenvalue weighted by atomic mass is 9.49. The average Bonchev–Trinajstić information content (AvgIpc) is 3.35. The van der Waals surface area contributed by atoms with Crippen molar-refractivity contribution in [2.45, 2.75) is 49.4 Å². The van der Waals surface area contributed by atoms with Crippen molar-refractivity contribution in [3.63, 3.8) is 0 Å². The average molecular weight is 449 g/mol. The number of carbonyl (C=O) groups excluding carboxylic acids is 2. The Bertz CT molecular complexity index is 860. The number of hydrogen-bond donors (Lipinski definition) is 2. The molecule has 0 aliphatic heterocycles. The van der Waals surface area contributed by atoms with Crippen LogP contribution in [0.1, 0.15) is 43.4 Å². The lowest BCUT2D eigenvalue weighted by Crippen LogP contribution is -2.51. The fourth-order valence-corrected chi connectivity index (χ4v) is 7.94. The molecule has 2 N–H and O–H groups in total. The lowest BCUT2D eigenvalue weighted by molar-refractivity contribution is -0.140. The first-order chi connectivity index (χ1) is 14.1. The Morgan fingerprint density at radius 1 is 1.14 bits per heavy atom. The molecule has 0 aromatic carbocycles. The molecule has 0 saturated heterocycles. The van der Waals surface area contributed by atoms with Gasteiger partial charge >= 0.3 is 0 Å². The van der Waals surface area contributed by atoms with Gasteiger partial charge in [-0.25, -0.2) is 0 Å². The minimum Gasteiger partial charge on any atom is -0.350 e. The summed E-state index contributed by atoms with van der Waals surface area (Å²) in [7, 11) is 0. The van der Waals surface area contributed by atoms with Gasteiger partial charge in [0.1, 0.15) is 0 Å². The van der Waals surface area contributed by atoms with Crippen LogP contribution in [0.3, 0.4) is 0 Å². The van der Waals surface area contributed by atoms with E-state index in [1.54, 1.807) is 11.3 Å². The Balaban J connectivity index is 1.13. The quantitative estimate of drug-likeness (QED) is 0.491. The molecule has 9 heteroatoms. The molecule has 4 aliphatic rings. The van der Waals surface area contributed by atoms with Crippen molar-refractivity contribution < 1.29 is 9.59 Å². The summed E-state index contributed by atoms with van der Waals surface area (Å²) < 4.78 is 0.706. The minimum atomic E-state index is -0.185. The molecule has 0 atom stereocenters. The van der Waals surface area contributed by atoms with Crippen LogP contribution >= 0.6 is 34.4 Å². The third-order valence-corrected chi connectivity index (χ3v) is 9.36. The normalized spacial score (nSPS) is 29.7. The van der Waals surface area contributed by atoms with Crippen molar-refractivity contribution in [1.82, 2.24) is 15.5 Å². The van der Waals surface area contributed by atoms with E-state index < -0.39 is 0 Å². The van der Waals surface area contributed by atoms with Crippen molar-refractivity contribution in [3.8, 4) is 0 Å². The third kappa shape index (κ3) is 4.22. The Kier molecular flexibility index (Phi) is 5.38. The first-order valence-electron chi connectivity index (χ1n) is 10.1. The third-order valence-electron chi connectivity index (χ3n) is 6.51. The van der Waals surface area contributed by atoms with Crippen LogP contribution in [0.5, 0.6) is 0 Å². The van der Waals surface area contributed by atoms with Crippen LogP contribution in [0.15, 0.2) is 21.9 Å². The second-order valence-electron chi connectivity index (χ2n) is 8.67. The number of aromatic nitrogens is 2. The molecule has 2 heterocycles. The zero-order valence-corrected chi connectivity index (χ0v) is 18.5. The molecule has 2 amide bonds. The topological polar surface area (TPSA) is 84.0 Å². The van der Waals surface area contributed by atoms with E-state index in [0.29, 0.717) is 21.8 Å². The summed E-state index contributed by atoms with van der Waals surface area (Å²) in [6, 6.07) is 3.98. The van der Waals surface area contributed by atoms with Crippen LogP contribution in [0.2, 0.25) is 0 Å². The number of anilines is 1.